The molecule has 0 aromatic carbocycles. The van der Waals surface area contributed by atoms with Crippen molar-refractivity contribution in [2.75, 3.05) is 14.2 Å². The number of allylic oxidation sites excluding steroid dienone is 10. The molecule has 2 aliphatic carbocycles. The lowest BCUT2D eigenvalue weighted by molar-refractivity contribution is -0.126. The number of ketones is 4. The van der Waals surface area contributed by atoms with Gasteiger partial charge >= 0.3 is 0 Å². The lowest BCUT2D eigenvalue weighted by Gasteiger charge is -2.07. The predicted octanol–water partition coefficient (Wildman–Crippen LogP) is 2.49. The summed E-state index contributed by atoms with van der Waals surface area (Å²) < 4.78 is 9.90. The van der Waals surface area contributed by atoms with Crippen LogP contribution in [0.5, 0.6) is 0 Å². The maximum absolute atomic E-state index is 12.0. The Morgan fingerprint density at radius 1 is 0.778 bits per heavy atom. The van der Waals surface area contributed by atoms with Crippen LogP contribution in [0.1, 0.15) is 19.3 Å². The van der Waals surface area contributed by atoms with Crippen molar-refractivity contribution in [1.29, 1.82) is 0 Å². The van der Waals surface area contributed by atoms with E-state index in [0.29, 0.717) is 11.1 Å². The Kier molecular flexibility index (Phi) is 7.00. The standard InChI is InChI=1S/C21H20O6/c1-26-20-11-14(5-9-18(20)24)3-7-16(22)13-17(23)8-4-15-6-10-19(25)21(12-15)27-2/h3-6,9-12H,7-8,13H2,1-2H3. The number of ether oxygens (including phenoxy) is 2. The van der Waals surface area contributed by atoms with E-state index in [-0.39, 0.29) is 53.9 Å². The van der Waals surface area contributed by atoms with Crippen molar-refractivity contribution in [3.8, 4) is 0 Å². The Hall–Kier alpha value is -3.28. The summed E-state index contributed by atoms with van der Waals surface area (Å²) >= 11 is 0. The summed E-state index contributed by atoms with van der Waals surface area (Å²) in [6.45, 7) is 0. The van der Waals surface area contributed by atoms with Gasteiger partial charge in [-0.1, -0.05) is 24.3 Å². The van der Waals surface area contributed by atoms with Crippen LogP contribution < -0.4 is 0 Å². The quantitative estimate of drug-likeness (QED) is 0.612. The molecule has 0 saturated heterocycles. The molecule has 6 heteroatoms. The molecule has 6 nitrogen and oxygen atoms in total. The fourth-order valence-electron chi connectivity index (χ4n) is 2.45. The average Bonchev–Trinajstić information content (AvgIpc) is 2.66. The zero-order chi connectivity index (χ0) is 19.8. The normalized spacial score (nSPS) is 19.2. The minimum absolute atomic E-state index is 0.0891. The fraction of sp³-hybridized carbons (Fsp3) is 0.238. The third-order valence-corrected chi connectivity index (χ3v) is 3.90. The topological polar surface area (TPSA) is 86.7 Å². The van der Waals surface area contributed by atoms with E-state index in [9.17, 15) is 19.2 Å². The molecule has 140 valence electrons. The Bertz CT molecular complexity index is 776. The molecule has 0 spiro atoms. The van der Waals surface area contributed by atoms with Gasteiger partial charge in [-0.05, 0) is 35.5 Å². The summed E-state index contributed by atoms with van der Waals surface area (Å²) in [6, 6.07) is 0. The summed E-state index contributed by atoms with van der Waals surface area (Å²) in [5.74, 6) is -0.471. The van der Waals surface area contributed by atoms with Crippen molar-refractivity contribution < 1.29 is 28.7 Å². The molecule has 2 aliphatic rings. The number of methoxy groups -OCH3 is 2. The van der Waals surface area contributed by atoms with Gasteiger partial charge in [0.05, 0.1) is 20.6 Å². The molecule has 0 unspecified atom stereocenters. The van der Waals surface area contributed by atoms with Crippen molar-refractivity contribution in [2.45, 2.75) is 19.3 Å². The van der Waals surface area contributed by atoms with E-state index in [1.54, 1.807) is 36.5 Å². The lowest BCUT2D eigenvalue weighted by atomic mass is 10.0. The smallest absolute Gasteiger partial charge is 0.220 e. The van der Waals surface area contributed by atoms with E-state index in [1.807, 2.05) is 0 Å². The second-order valence-electron chi connectivity index (χ2n) is 5.89. The Balaban J connectivity index is 1.87. The number of carbonyl (C=O) groups excluding carboxylic acids is 4. The average molecular weight is 368 g/mol. The van der Waals surface area contributed by atoms with Gasteiger partial charge in [-0.15, -0.1) is 0 Å². The van der Waals surface area contributed by atoms with Crippen LogP contribution in [0.25, 0.3) is 0 Å². The highest BCUT2D eigenvalue weighted by Crippen LogP contribution is 2.16. The molecule has 0 heterocycles. The molecule has 0 aromatic rings. The summed E-state index contributed by atoms with van der Waals surface area (Å²) in [5, 5.41) is 0. The molecule has 0 radical (unpaired) electrons. The molecule has 2 rings (SSSR count). The second kappa shape index (κ2) is 9.43. The molecular formula is C21H20O6. The van der Waals surface area contributed by atoms with Crippen LogP contribution in [0.2, 0.25) is 0 Å². The van der Waals surface area contributed by atoms with Crippen molar-refractivity contribution >= 4 is 23.1 Å². The van der Waals surface area contributed by atoms with Gasteiger partial charge in [0.25, 0.3) is 0 Å². The number of hydrogen-bond acceptors (Lipinski definition) is 6. The first-order valence-corrected chi connectivity index (χ1v) is 8.33. The predicted molar refractivity (Wildman–Crippen MR) is 98.5 cm³/mol. The van der Waals surface area contributed by atoms with E-state index < -0.39 is 0 Å². The highest BCUT2D eigenvalue weighted by atomic mass is 16.5. The van der Waals surface area contributed by atoms with Crippen LogP contribution in [-0.4, -0.2) is 37.4 Å². The molecule has 0 amide bonds. The maximum atomic E-state index is 12.0. The van der Waals surface area contributed by atoms with Gasteiger partial charge < -0.3 is 9.47 Å². The summed E-state index contributed by atoms with van der Waals surface area (Å²) in [4.78, 5) is 46.9. The van der Waals surface area contributed by atoms with E-state index >= 15 is 0 Å². The molecule has 0 saturated carbocycles. The van der Waals surface area contributed by atoms with Gasteiger partial charge in [0, 0.05) is 12.8 Å². The van der Waals surface area contributed by atoms with E-state index in [1.165, 1.54) is 26.4 Å². The van der Waals surface area contributed by atoms with Gasteiger partial charge in [0.2, 0.25) is 11.6 Å². The van der Waals surface area contributed by atoms with Crippen LogP contribution in [0.4, 0.5) is 0 Å². The van der Waals surface area contributed by atoms with Crippen LogP contribution in [-0.2, 0) is 28.7 Å². The number of rotatable bonds is 8. The summed E-state index contributed by atoms with van der Waals surface area (Å²) in [7, 11) is 2.81. The van der Waals surface area contributed by atoms with Crippen LogP contribution in [0, 0.1) is 0 Å². The fourth-order valence-corrected chi connectivity index (χ4v) is 2.45. The minimum atomic E-state index is -0.228. The van der Waals surface area contributed by atoms with E-state index in [2.05, 4.69) is 0 Å². The third-order valence-electron chi connectivity index (χ3n) is 3.90. The van der Waals surface area contributed by atoms with Gasteiger partial charge in [0.1, 0.15) is 11.6 Å². The highest BCUT2D eigenvalue weighted by Gasteiger charge is 2.14. The van der Waals surface area contributed by atoms with E-state index in [4.69, 9.17) is 9.47 Å². The summed E-state index contributed by atoms with van der Waals surface area (Å²) in [5.41, 5.74) is 1.37. The molecule has 0 N–H and O–H groups in total. The van der Waals surface area contributed by atoms with E-state index in [0.717, 1.165) is 0 Å². The summed E-state index contributed by atoms with van der Waals surface area (Å²) in [6.07, 6.45) is 12.3. The lowest BCUT2D eigenvalue weighted by Crippen LogP contribution is -2.08. The molecule has 27 heavy (non-hydrogen) atoms. The van der Waals surface area contributed by atoms with Gasteiger partial charge in [-0.2, -0.15) is 0 Å². The first-order valence-electron chi connectivity index (χ1n) is 8.33. The Morgan fingerprint density at radius 3 is 1.56 bits per heavy atom. The van der Waals surface area contributed by atoms with Crippen LogP contribution in [0.3, 0.4) is 0 Å². The van der Waals surface area contributed by atoms with Crippen molar-refractivity contribution in [3.63, 3.8) is 0 Å². The van der Waals surface area contributed by atoms with Crippen molar-refractivity contribution in [3.05, 3.63) is 71.3 Å². The van der Waals surface area contributed by atoms with Crippen molar-refractivity contribution in [1.82, 2.24) is 0 Å². The largest absolute Gasteiger partial charge is 0.493 e. The SMILES string of the molecule is COC1=CC(=CCC(=O)CC(=O)CC=C2C=CC(=O)C(OC)=C2)C=CC1=O. The zero-order valence-electron chi connectivity index (χ0n) is 15.2. The molecule has 0 bridgehead atoms. The molecule has 0 fully saturated rings. The Labute approximate surface area is 157 Å². The molecule has 0 atom stereocenters. The van der Waals surface area contributed by atoms with Crippen LogP contribution >= 0.6 is 0 Å². The Morgan fingerprint density at radius 2 is 1.19 bits per heavy atom. The number of Topliss-reactive ketones (excluding diaryl/α,β-unsaturated/α-hetero) is 2. The van der Waals surface area contributed by atoms with Gasteiger partial charge in [-0.25, -0.2) is 0 Å². The van der Waals surface area contributed by atoms with Crippen molar-refractivity contribution in [2.24, 2.45) is 0 Å². The van der Waals surface area contributed by atoms with Crippen LogP contribution in [0.15, 0.2) is 71.3 Å². The second-order valence-corrected chi connectivity index (χ2v) is 5.89. The molecule has 0 aliphatic heterocycles. The molecular weight excluding hydrogens is 348 g/mol. The first kappa shape index (κ1) is 20.0. The van der Waals surface area contributed by atoms with Gasteiger partial charge in [0.15, 0.2) is 11.5 Å². The zero-order valence-corrected chi connectivity index (χ0v) is 15.2. The maximum Gasteiger partial charge on any atom is 0.220 e. The monoisotopic (exact) mass is 368 g/mol. The highest BCUT2D eigenvalue weighted by molar-refractivity contribution is 6.05. The number of hydrogen-bond donors (Lipinski definition) is 0. The van der Waals surface area contributed by atoms with Gasteiger partial charge in [-0.3, -0.25) is 19.2 Å². The number of carbonyl (C=O) groups is 4. The third kappa shape index (κ3) is 5.88. The first-order chi connectivity index (χ1) is 12.9. The minimum Gasteiger partial charge on any atom is -0.493 e. The molecule has 0 aromatic heterocycles.